The number of carbonyl (C=O) groups is 1. The Balaban J connectivity index is 1.65. The lowest BCUT2D eigenvalue weighted by Gasteiger charge is -2.39. The van der Waals surface area contributed by atoms with Gasteiger partial charge in [-0.3, -0.25) is 9.69 Å². The quantitative estimate of drug-likeness (QED) is 0.599. The first-order valence-electron chi connectivity index (χ1n) is 9.46. The molecule has 0 aromatic heterocycles. The Morgan fingerprint density at radius 3 is 2.65 bits per heavy atom. The molecule has 0 aliphatic carbocycles. The van der Waals surface area contributed by atoms with Crippen LogP contribution in [0.3, 0.4) is 0 Å². The monoisotopic (exact) mass is 390 g/mol. The molecule has 3 saturated heterocycles. The molecule has 0 N–H and O–H groups in total. The summed E-state index contributed by atoms with van der Waals surface area (Å²) in [6, 6.07) is -0.156. The summed E-state index contributed by atoms with van der Waals surface area (Å²) in [5.74, 6) is 0.180. The van der Waals surface area contributed by atoms with E-state index in [-0.39, 0.29) is 42.3 Å². The van der Waals surface area contributed by atoms with Crippen LogP contribution in [0.15, 0.2) is 0 Å². The third kappa shape index (κ3) is 4.95. The minimum Gasteiger partial charge on any atom is -0.383 e. The SMILES string of the molecule is COCCN(C(=O)CN1CCCCC1C1OCCO1)C1CCS(=O)(=O)C1. The summed E-state index contributed by atoms with van der Waals surface area (Å²) in [6.07, 6.45) is 3.35. The van der Waals surface area contributed by atoms with Crippen LogP contribution in [0.5, 0.6) is 0 Å². The summed E-state index contributed by atoms with van der Waals surface area (Å²) < 4.78 is 40.2. The molecule has 3 heterocycles. The van der Waals surface area contributed by atoms with Crippen molar-refractivity contribution in [2.45, 2.75) is 44.1 Å². The molecule has 3 fully saturated rings. The minimum atomic E-state index is -3.04. The van der Waals surface area contributed by atoms with Crippen LogP contribution in [0, 0.1) is 0 Å². The van der Waals surface area contributed by atoms with Gasteiger partial charge < -0.3 is 19.1 Å². The smallest absolute Gasteiger partial charge is 0.237 e. The van der Waals surface area contributed by atoms with Crippen LogP contribution in [-0.4, -0.2) is 101 Å². The molecule has 3 aliphatic rings. The zero-order valence-electron chi connectivity index (χ0n) is 15.5. The van der Waals surface area contributed by atoms with Crippen LogP contribution in [0.25, 0.3) is 0 Å². The number of rotatable bonds is 7. The van der Waals surface area contributed by atoms with E-state index >= 15 is 0 Å². The maximum atomic E-state index is 13.0. The Labute approximate surface area is 155 Å². The van der Waals surface area contributed by atoms with Crippen molar-refractivity contribution in [2.24, 2.45) is 0 Å². The van der Waals surface area contributed by atoms with Gasteiger partial charge in [-0.2, -0.15) is 0 Å². The Kier molecular flexibility index (Phi) is 6.90. The van der Waals surface area contributed by atoms with Crippen LogP contribution < -0.4 is 0 Å². The van der Waals surface area contributed by atoms with Crippen molar-refractivity contribution in [2.75, 3.05) is 58.1 Å². The van der Waals surface area contributed by atoms with Gasteiger partial charge in [0.1, 0.15) is 0 Å². The largest absolute Gasteiger partial charge is 0.383 e. The number of sulfone groups is 1. The maximum absolute atomic E-state index is 13.0. The normalized spacial score (nSPS) is 29.9. The van der Waals surface area contributed by atoms with Crippen molar-refractivity contribution in [3.63, 3.8) is 0 Å². The Morgan fingerprint density at radius 2 is 2.00 bits per heavy atom. The molecular formula is C17H30N2O6S. The fraction of sp³-hybridized carbons (Fsp3) is 0.941. The number of methoxy groups -OCH3 is 1. The number of hydrogen-bond donors (Lipinski definition) is 0. The summed E-state index contributed by atoms with van der Waals surface area (Å²) >= 11 is 0. The van der Waals surface area contributed by atoms with Crippen molar-refractivity contribution in [3.8, 4) is 0 Å². The van der Waals surface area contributed by atoms with E-state index in [1.54, 1.807) is 12.0 Å². The van der Waals surface area contributed by atoms with E-state index < -0.39 is 9.84 Å². The van der Waals surface area contributed by atoms with Gasteiger partial charge in [-0.05, 0) is 25.8 Å². The third-order valence-corrected chi connectivity index (χ3v) is 7.22. The fourth-order valence-electron chi connectivity index (χ4n) is 4.11. The standard InChI is InChI=1S/C17H30N2O6S/c1-23-8-7-19(14-5-11-26(21,22)13-14)16(20)12-18-6-3-2-4-15(18)17-24-9-10-25-17/h14-15,17H,2-13H2,1H3. The van der Waals surface area contributed by atoms with Gasteiger partial charge in [0.15, 0.2) is 16.1 Å². The van der Waals surface area contributed by atoms with Crippen molar-refractivity contribution in [1.29, 1.82) is 0 Å². The van der Waals surface area contributed by atoms with E-state index in [2.05, 4.69) is 4.90 Å². The highest BCUT2D eigenvalue weighted by Crippen LogP contribution is 2.25. The third-order valence-electron chi connectivity index (χ3n) is 5.47. The van der Waals surface area contributed by atoms with E-state index in [4.69, 9.17) is 14.2 Å². The molecule has 3 rings (SSSR count). The fourth-order valence-corrected chi connectivity index (χ4v) is 5.84. The summed E-state index contributed by atoms with van der Waals surface area (Å²) in [5, 5.41) is 0. The van der Waals surface area contributed by atoms with Gasteiger partial charge in [-0.25, -0.2) is 8.42 Å². The zero-order valence-corrected chi connectivity index (χ0v) is 16.3. The summed E-state index contributed by atoms with van der Waals surface area (Å²) in [5.41, 5.74) is 0. The molecular weight excluding hydrogens is 360 g/mol. The van der Waals surface area contributed by atoms with Gasteiger partial charge in [0.25, 0.3) is 0 Å². The Hall–Kier alpha value is -0.740. The first-order chi connectivity index (χ1) is 12.5. The predicted octanol–water partition coefficient (Wildman–Crippen LogP) is -0.124. The second-order valence-corrected chi connectivity index (χ2v) is 9.51. The van der Waals surface area contributed by atoms with E-state index in [1.807, 2.05) is 0 Å². The second kappa shape index (κ2) is 8.97. The molecule has 1 amide bonds. The lowest BCUT2D eigenvalue weighted by molar-refractivity contribution is -0.142. The number of carbonyl (C=O) groups excluding carboxylic acids is 1. The average molecular weight is 391 g/mol. The molecule has 0 saturated carbocycles. The zero-order chi connectivity index (χ0) is 18.6. The molecule has 8 nitrogen and oxygen atoms in total. The highest BCUT2D eigenvalue weighted by Gasteiger charge is 2.38. The van der Waals surface area contributed by atoms with Crippen LogP contribution >= 0.6 is 0 Å². The van der Waals surface area contributed by atoms with Crippen LogP contribution in [0.1, 0.15) is 25.7 Å². The van der Waals surface area contributed by atoms with Crippen LogP contribution in [0.4, 0.5) is 0 Å². The van der Waals surface area contributed by atoms with E-state index in [0.29, 0.717) is 32.8 Å². The molecule has 0 radical (unpaired) electrons. The second-order valence-electron chi connectivity index (χ2n) is 7.28. The van der Waals surface area contributed by atoms with Crippen molar-refractivity contribution < 1.29 is 27.4 Å². The van der Waals surface area contributed by atoms with Gasteiger partial charge in [0.05, 0.1) is 43.9 Å². The summed E-state index contributed by atoms with van der Waals surface area (Å²) in [6.45, 7) is 3.13. The summed E-state index contributed by atoms with van der Waals surface area (Å²) in [7, 11) is -1.46. The molecule has 0 aromatic rings. The van der Waals surface area contributed by atoms with Crippen molar-refractivity contribution >= 4 is 15.7 Å². The van der Waals surface area contributed by atoms with Crippen LogP contribution in [-0.2, 0) is 28.8 Å². The Bertz CT molecular complexity index is 578. The van der Waals surface area contributed by atoms with Gasteiger partial charge in [-0.15, -0.1) is 0 Å². The lowest BCUT2D eigenvalue weighted by atomic mass is 10.0. The Morgan fingerprint density at radius 1 is 1.23 bits per heavy atom. The van der Waals surface area contributed by atoms with E-state index in [0.717, 1.165) is 25.8 Å². The van der Waals surface area contributed by atoms with E-state index in [1.165, 1.54) is 0 Å². The predicted molar refractivity (Wildman–Crippen MR) is 95.6 cm³/mol. The minimum absolute atomic E-state index is 0.0333. The lowest BCUT2D eigenvalue weighted by Crippen LogP contribution is -2.53. The first kappa shape index (κ1) is 20.0. The topological polar surface area (TPSA) is 85.4 Å². The summed E-state index contributed by atoms with van der Waals surface area (Å²) in [4.78, 5) is 16.9. The number of hydrogen-bond acceptors (Lipinski definition) is 7. The molecule has 2 atom stereocenters. The number of nitrogens with zero attached hydrogens (tertiary/aromatic N) is 2. The van der Waals surface area contributed by atoms with Crippen molar-refractivity contribution in [1.82, 2.24) is 9.80 Å². The number of amides is 1. The molecule has 2 unspecified atom stereocenters. The van der Waals surface area contributed by atoms with Gasteiger partial charge in [0, 0.05) is 19.7 Å². The molecule has 0 bridgehead atoms. The van der Waals surface area contributed by atoms with Gasteiger partial charge in [0.2, 0.25) is 5.91 Å². The molecule has 3 aliphatic heterocycles. The highest BCUT2D eigenvalue weighted by molar-refractivity contribution is 7.91. The van der Waals surface area contributed by atoms with Gasteiger partial charge in [-0.1, -0.05) is 6.42 Å². The first-order valence-corrected chi connectivity index (χ1v) is 11.3. The van der Waals surface area contributed by atoms with Gasteiger partial charge >= 0.3 is 0 Å². The molecule has 9 heteroatoms. The molecule has 150 valence electrons. The molecule has 0 aromatic carbocycles. The van der Waals surface area contributed by atoms with Crippen molar-refractivity contribution in [3.05, 3.63) is 0 Å². The highest BCUT2D eigenvalue weighted by atomic mass is 32.2. The molecule has 0 spiro atoms. The van der Waals surface area contributed by atoms with Crippen LogP contribution in [0.2, 0.25) is 0 Å². The maximum Gasteiger partial charge on any atom is 0.237 e. The number of likely N-dealkylation sites (tertiary alicyclic amines) is 1. The number of piperidine rings is 1. The van der Waals surface area contributed by atoms with E-state index in [9.17, 15) is 13.2 Å². The number of ether oxygens (including phenoxy) is 3. The average Bonchev–Trinajstić information content (AvgIpc) is 3.25. The molecule has 26 heavy (non-hydrogen) atoms.